The van der Waals surface area contributed by atoms with Gasteiger partial charge >= 0.3 is 0 Å². The van der Waals surface area contributed by atoms with Crippen LogP contribution in [-0.4, -0.2) is 6.29 Å². The Hall–Kier alpha value is -1.11. The smallest absolute Gasteiger partial charge is 0.142 e. The average molecular weight is 136 g/mol. The van der Waals surface area contributed by atoms with Crippen LogP contribution in [0, 0.1) is 0 Å². The maximum atomic E-state index is 9.85. The van der Waals surface area contributed by atoms with Gasteiger partial charge in [0.2, 0.25) is 0 Å². The van der Waals surface area contributed by atoms with Gasteiger partial charge in [0.15, 0.2) is 0 Å². The van der Waals surface area contributed by atoms with Gasteiger partial charge in [-0.15, -0.1) is 0 Å². The molecule has 54 valence electrons. The second-order valence-corrected chi connectivity index (χ2v) is 1.93. The molecule has 10 heavy (non-hydrogen) atoms. The lowest BCUT2D eigenvalue weighted by molar-refractivity contribution is -0.104. The molecular formula is C9H12O. The fourth-order valence-electron chi connectivity index (χ4n) is 0.495. The molecule has 0 atom stereocenters. The molecule has 0 radical (unpaired) electrons. The molecule has 0 aromatic rings. The minimum Gasteiger partial charge on any atom is -0.299 e. The summed E-state index contributed by atoms with van der Waals surface area (Å²) in [6, 6.07) is 0. The summed E-state index contributed by atoms with van der Waals surface area (Å²) in [5.74, 6) is 0. The molecule has 0 aromatic carbocycles. The van der Waals surface area contributed by atoms with E-state index < -0.39 is 0 Å². The Bertz CT molecular complexity index is 173. The number of hydrogen-bond donors (Lipinski definition) is 0. The van der Waals surface area contributed by atoms with E-state index in [1.54, 1.807) is 6.08 Å². The average Bonchev–Trinajstić information content (AvgIpc) is 1.97. The summed E-state index contributed by atoms with van der Waals surface area (Å²) in [7, 11) is 0. The lowest BCUT2D eigenvalue weighted by atomic mass is 10.2. The van der Waals surface area contributed by atoms with E-state index in [1.807, 2.05) is 32.1 Å². The van der Waals surface area contributed by atoms with Gasteiger partial charge in [-0.2, -0.15) is 0 Å². The van der Waals surface area contributed by atoms with Gasteiger partial charge in [0.25, 0.3) is 0 Å². The number of rotatable bonds is 3. The molecule has 0 amide bonds. The van der Waals surface area contributed by atoms with Crippen LogP contribution < -0.4 is 0 Å². The van der Waals surface area contributed by atoms with E-state index in [-0.39, 0.29) is 0 Å². The van der Waals surface area contributed by atoms with Crippen molar-refractivity contribution in [2.45, 2.75) is 13.8 Å². The van der Waals surface area contributed by atoms with E-state index in [2.05, 4.69) is 0 Å². The Morgan fingerprint density at radius 3 is 2.50 bits per heavy atom. The molecule has 0 rings (SSSR count). The summed E-state index contributed by atoms with van der Waals surface area (Å²) in [5.41, 5.74) is 1.07. The van der Waals surface area contributed by atoms with Gasteiger partial charge in [-0.05, 0) is 19.9 Å². The van der Waals surface area contributed by atoms with Crippen molar-refractivity contribution in [2.75, 3.05) is 0 Å². The van der Waals surface area contributed by atoms with E-state index in [9.17, 15) is 4.79 Å². The van der Waals surface area contributed by atoms with Crippen molar-refractivity contribution >= 4 is 6.29 Å². The first-order valence-corrected chi connectivity index (χ1v) is 3.22. The third-order valence-corrected chi connectivity index (χ3v) is 0.989. The van der Waals surface area contributed by atoms with Gasteiger partial charge in [0, 0.05) is 0 Å². The van der Waals surface area contributed by atoms with Gasteiger partial charge in [-0.25, -0.2) is 0 Å². The molecule has 0 heterocycles. The third-order valence-electron chi connectivity index (χ3n) is 0.989. The SMILES string of the molecule is C/C=C/C=C(C)/C=C/C=O. The molecule has 0 aliphatic heterocycles. The van der Waals surface area contributed by atoms with Crippen molar-refractivity contribution in [3.05, 3.63) is 36.0 Å². The highest BCUT2D eigenvalue weighted by Gasteiger charge is 1.74. The predicted molar refractivity (Wildman–Crippen MR) is 43.8 cm³/mol. The van der Waals surface area contributed by atoms with Crippen LogP contribution in [0.2, 0.25) is 0 Å². The largest absolute Gasteiger partial charge is 0.299 e. The topological polar surface area (TPSA) is 17.1 Å². The molecule has 0 bridgehead atoms. The fourth-order valence-corrected chi connectivity index (χ4v) is 0.495. The predicted octanol–water partition coefficient (Wildman–Crippen LogP) is 2.26. The third kappa shape index (κ3) is 5.04. The maximum absolute atomic E-state index is 9.85. The summed E-state index contributed by atoms with van der Waals surface area (Å²) in [6.07, 6.45) is 9.85. The van der Waals surface area contributed by atoms with Gasteiger partial charge in [0.1, 0.15) is 6.29 Å². The highest BCUT2D eigenvalue weighted by Crippen LogP contribution is 1.93. The van der Waals surface area contributed by atoms with Crippen LogP contribution in [-0.2, 0) is 4.79 Å². The summed E-state index contributed by atoms with van der Waals surface area (Å²) in [4.78, 5) is 9.85. The molecule has 0 aliphatic carbocycles. The summed E-state index contributed by atoms with van der Waals surface area (Å²) >= 11 is 0. The van der Waals surface area contributed by atoms with E-state index in [0.29, 0.717) is 0 Å². The summed E-state index contributed by atoms with van der Waals surface area (Å²) < 4.78 is 0. The van der Waals surface area contributed by atoms with Crippen molar-refractivity contribution in [1.82, 2.24) is 0 Å². The van der Waals surface area contributed by atoms with Crippen molar-refractivity contribution < 1.29 is 4.79 Å². The van der Waals surface area contributed by atoms with Crippen LogP contribution in [0.15, 0.2) is 36.0 Å². The van der Waals surface area contributed by atoms with E-state index in [0.717, 1.165) is 11.9 Å². The highest BCUT2D eigenvalue weighted by molar-refractivity contribution is 5.65. The Morgan fingerprint density at radius 1 is 1.30 bits per heavy atom. The number of aldehydes is 1. The molecule has 0 saturated heterocycles. The second-order valence-electron chi connectivity index (χ2n) is 1.93. The molecule has 0 fully saturated rings. The Labute approximate surface area is 61.8 Å². The first-order chi connectivity index (χ1) is 4.81. The van der Waals surface area contributed by atoms with Gasteiger partial charge < -0.3 is 0 Å². The number of allylic oxidation sites excluding steroid dienone is 6. The van der Waals surface area contributed by atoms with Gasteiger partial charge in [-0.1, -0.05) is 29.9 Å². The van der Waals surface area contributed by atoms with Crippen LogP contribution in [0.5, 0.6) is 0 Å². The minimum atomic E-state index is 0.771. The van der Waals surface area contributed by atoms with Crippen LogP contribution in [0.3, 0.4) is 0 Å². The zero-order valence-corrected chi connectivity index (χ0v) is 6.37. The zero-order chi connectivity index (χ0) is 7.82. The van der Waals surface area contributed by atoms with Crippen LogP contribution >= 0.6 is 0 Å². The van der Waals surface area contributed by atoms with Crippen molar-refractivity contribution in [3.8, 4) is 0 Å². The lowest BCUT2D eigenvalue weighted by Crippen LogP contribution is -1.66. The van der Waals surface area contributed by atoms with E-state index in [4.69, 9.17) is 0 Å². The fraction of sp³-hybridized carbons (Fsp3) is 0.222. The number of carbonyl (C=O) groups is 1. The monoisotopic (exact) mass is 136 g/mol. The first kappa shape index (κ1) is 8.89. The zero-order valence-electron chi connectivity index (χ0n) is 6.37. The molecular weight excluding hydrogens is 124 g/mol. The molecule has 0 aromatic heterocycles. The van der Waals surface area contributed by atoms with Gasteiger partial charge in [-0.3, -0.25) is 4.79 Å². The molecule has 1 heteroatoms. The molecule has 1 nitrogen and oxygen atoms in total. The standard InChI is InChI=1S/C9H12O/c1-3-4-6-9(2)7-5-8-10/h3-8H,1-2H3/b4-3+,7-5+,9-6+. The molecule has 0 N–H and O–H groups in total. The lowest BCUT2D eigenvalue weighted by Gasteiger charge is -1.83. The Morgan fingerprint density at radius 2 is 2.00 bits per heavy atom. The summed E-state index contributed by atoms with van der Waals surface area (Å²) in [5, 5.41) is 0. The maximum Gasteiger partial charge on any atom is 0.142 e. The van der Waals surface area contributed by atoms with Crippen molar-refractivity contribution in [2.24, 2.45) is 0 Å². The first-order valence-electron chi connectivity index (χ1n) is 3.22. The van der Waals surface area contributed by atoms with Gasteiger partial charge in [0.05, 0.1) is 0 Å². The summed E-state index contributed by atoms with van der Waals surface area (Å²) in [6.45, 7) is 3.90. The number of carbonyl (C=O) groups excluding carboxylic acids is 1. The van der Waals surface area contributed by atoms with Crippen molar-refractivity contribution in [1.29, 1.82) is 0 Å². The van der Waals surface area contributed by atoms with E-state index in [1.165, 1.54) is 6.08 Å². The number of hydrogen-bond acceptors (Lipinski definition) is 1. The molecule has 0 saturated carbocycles. The molecule has 0 spiro atoms. The van der Waals surface area contributed by atoms with Crippen molar-refractivity contribution in [3.63, 3.8) is 0 Å². The minimum absolute atomic E-state index is 0.771. The Kier molecular flexibility index (Phi) is 5.35. The van der Waals surface area contributed by atoms with Crippen LogP contribution in [0.25, 0.3) is 0 Å². The quantitative estimate of drug-likeness (QED) is 0.330. The Balaban J connectivity index is 3.93. The highest BCUT2D eigenvalue weighted by atomic mass is 16.1. The van der Waals surface area contributed by atoms with E-state index >= 15 is 0 Å². The normalized spacial score (nSPS) is 13.2. The van der Waals surface area contributed by atoms with Crippen LogP contribution in [0.4, 0.5) is 0 Å². The second kappa shape index (κ2) is 6.02. The molecule has 0 aliphatic rings. The molecule has 0 unspecified atom stereocenters. The van der Waals surface area contributed by atoms with Crippen LogP contribution in [0.1, 0.15) is 13.8 Å².